The monoisotopic (exact) mass is 210 g/mol. The lowest BCUT2D eigenvalue weighted by molar-refractivity contribution is -0.138. The van der Waals surface area contributed by atoms with Crippen LogP contribution in [0.15, 0.2) is 18.3 Å². The molecule has 0 atom stereocenters. The van der Waals surface area contributed by atoms with Crippen LogP contribution in [-0.2, 0) is 4.79 Å². The first-order chi connectivity index (χ1) is 7.02. The summed E-state index contributed by atoms with van der Waals surface area (Å²) in [4.78, 5) is 26.5. The van der Waals surface area contributed by atoms with Gasteiger partial charge in [0, 0.05) is 12.2 Å². The predicted molar refractivity (Wildman–Crippen MR) is 54.6 cm³/mol. The van der Waals surface area contributed by atoms with E-state index in [1.165, 1.54) is 4.90 Å². The average molecular weight is 210 g/mol. The quantitative estimate of drug-likeness (QED) is 0.777. The van der Waals surface area contributed by atoms with E-state index in [1.807, 2.05) is 0 Å². The molecule has 1 rings (SSSR count). The number of nitrogens with one attached hydrogen (secondary N) is 1. The van der Waals surface area contributed by atoms with Crippen LogP contribution in [0.5, 0.6) is 0 Å². The van der Waals surface area contributed by atoms with Crippen molar-refractivity contribution in [1.29, 1.82) is 0 Å². The van der Waals surface area contributed by atoms with Crippen LogP contribution in [0.1, 0.15) is 24.3 Å². The van der Waals surface area contributed by atoms with E-state index in [1.54, 1.807) is 32.2 Å². The third-order valence-electron chi connectivity index (χ3n) is 2.02. The molecular formula is C10H14N2O3. The van der Waals surface area contributed by atoms with Gasteiger partial charge >= 0.3 is 5.97 Å². The molecule has 82 valence electrons. The fourth-order valence-corrected chi connectivity index (χ4v) is 1.25. The van der Waals surface area contributed by atoms with Crippen molar-refractivity contribution in [2.45, 2.75) is 19.9 Å². The SMILES string of the molecule is CC(C)N(CC(=O)O)C(=O)c1ccc[nH]1. The Kier molecular flexibility index (Phi) is 3.49. The van der Waals surface area contributed by atoms with Crippen LogP contribution in [0.25, 0.3) is 0 Å². The molecule has 15 heavy (non-hydrogen) atoms. The Morgan fingerprint density at radius 1 is 1.53 bits per heavy atom. The highest BCUT2D eigenvalue weighted by Gasteiger charge is 2.21. The number of aromatic nitrogens is 1. The van der Waals surface area contributed by atoms with Gasteiger partial charge in [-0.25, -0.2) is 0 Å². The average Bonchev–Trinajstić information content (AvgIpc) is 2.65. The number of rotatable bonds is 4. The fraction of sp³-hybridized carbons (Fsp3) is 0.400. The van der Waals surface area contributed by atoms with E-state index < -0.39 is 5.97 Å². The number of carboxylic acids is 1. The molecule has 0 saturated heterocycles. The van der Waals surface area contributed by atoms with Crippen molar-refractivity contribution in [1.82, 2.24) is 9.88 Å². The second kappa shape index (κ2) is 4.63. The maximum atomic E-state index is 11.8. The third kappa shape index (κ3) is 2.83. The molecule has 0 unspecified atom stereocenters. The Labute approximate surface area is 87.7 Å². The van der Waals surface area contributed by atoms with E-state index in [0.717, 1.165) is 0 Å². The third-order valence-corrected chi connectivity index (χ3v) is 2.02. The molecule has 1 amide bonds. The number of hydrogen-bond donors (Lipinski definition) is 2. The highest BCUT2D eigenvalue weighted by molar-refractivity contribution is 5.94. The van der Waals surface area contributed by atoms with Gasteiger partial charge in [0.1, 0.15) is 12.2 Å². The smallest absolute Gasteiger partial charge is 0.323 e. The van der Waals surface area contributed by atoms with Crippen molar-refractivity contribution in [3.63, 3.8) is 0 Å². The molecule has 1 aromatic heterocycles. The van der Waals surface area contributed by atoms with E-state index >= 15 is 0 Å². The minimum atomic E-state index is -1.01. The van der Waals surface area contributed by atoms with Gasteiger partial charge in [-0.15, -0.1) is 0 Å². The largest absolute Gasteiger partial charge is 0.480 e. The van der Waals surface area contributed by atoms with Crippen molar-refractivity contribution in [3.8, 4) is 0 Å². The minimum absolute atomic E-state index is 0.142. The second-order valence-electron chi connectivity index (χ2n) is 3.50. The number of nitrogens with zero attached hydrogens (tertiary/aromatic N) is 1. The Balaban J connectivity index is 2.81. The maximum Gasteiger partial charge on any atom is 0.323 e. The van der Waals surface area contributed by atoms with E-state index in [-0.39, 0.29) is 18.5 Å². The molecule has 5 heteroatoms. The molecule has 5 nitrogen and oxygen atoms in total. The number of H-pyrrole nitrogens is 1. The van der Waals surface area contributed by atoms with E-state index in [0.29, 0.717) is 5.69 Å². The van der Waals surface area contributed by atoms with Crippen LogP contribution in [0.2, 0.25) is 0 Å². The summed E-state index contributed by atoms with van der Waals surface area (Å²) in [6.07, 6.45) is 1.63. The first-order valence-corrected chi connectivity index (χ1v) is 4.68. The number of aromatic amines is 1. The molecule has 0 aliphatic rings. The van der Waals surface area contributed by atoms with Crippen molar-refractivity contribution in [2.75, 3.05) is 6.54 Å². The zero-order chi connectivity index (χ0) is 11.4. The lowest BCUT2D eigenvalue weighted by atomic mass is 10.2. The molecular weight excluding hydrogens is 196 g/mol. The van der Waals surface area contributed by atoms with Crippen LogP contribution >= 0.6 is 0 Å². The number of hydrogen-bond acceptors (Lipinski definition) is 2. The van der Waals surface area contributed by atoms with Crippen LogP contribution in [0.3, 0.4) is 0 Å². The highest BCUT2D eigenvalue weighted by atomic mass is 16.4. The Morgan fingerprint density at radius 2 is 2.20 bits per heavy atom. The summed E-state index contributed by atoms with van der Waals surface area (Å²) in [5.41, 5.74) is 0.407. The van der Waals surface area contributed by atoms with Crippen molar-refractivity contribution >= 4 is 11.9 Å². The second-order valence-corrected chi connectivity index (χ2v) is 3.50. The van der Waals surface area contributed by atoms with Gasteiger partial charge < -0.3 is 15.0 Å². The molecule has 0 saturated carbocycles. The Bertz CT molecular complexity index is 344. The number of amides is 1. The molecule has 1 heterocycles. The topological polar surface area (TPSA) is 73.4 Å². The van der Waals surface area contributed by atoms with Gasteiger partial charge in [-0.2, -0.15) is 0 Å². The Morgan fingerprint density at radius 3 is 2.60 bits per heavy atom. The van der Waals surface area contributed by atoms with E-state index in [9.17, 15) is 9.59 Å². The minimum Gasteiger partial charge on any atom is -0.480 e. The number of aliphatic carboxylic acids is 1. The summed E-state index contributed by atoms with van der Waals surface area (Å²) in [7, 11) is 0. The molecule has 1 aromatic rings. The van der Waals surface area contributed by atoms with Crippen molar-refractivity contribution in [3.05, 3.63) is 24.0 Å². The zero-order valence-corrected chi connectivity index (χ0v) is 8.73. The standard InChI is InChI=1S/C10H14N2O3/c1-7(2)12(6-9(13)14)10(15)8-4-3-5-11-8/h3-5,7,11H,6H2,1-2H3,(H,13,14). The summed E-state index contributed by atoms with van der Waals surface area (Å²) < 4.78 is 0. The zero-order valence-electron chi connectivity index (χ0n) is 8.73. The molecule has 0 radical (unpaired) electrons. The molecule has 0 spiro atoms. The van der Waals surface area contributed by atoms with Crippen LogP contribution in [-0.4, -0.2) is 39.5 Å². The maximum absolute atomic E-state index is 11.8. The fourth-order valence-electron chi connectivity index (χ4n) is 1.25. The number of carbonyl (C=O) groups excluding carboxylic acids is 1. The Hall–Kier alpha value is -1.78. The lowest BCUT2D eigenvalue weighted by Crippen LogP contribution is -2.40. The van der Waals surface area contributed by atoms with Gasteiger partial charge in [-0.05, 0) is 26.0 Å². The summed E-state index contributed by atoms with van der Waals surface area (Å²) in [6, 6.07) is 3.18. The van der Waals surface area contributed by atoms with Crippen LogP contribution in [0.4, 0.5) is 0 Å². The van der Waals surface area contributed by atoms with Gasteiger partial charge in [0.15, 0.2) is 0 Å². The van der Waals surface area contributed by atoms with Crippen LogP contribution in [0, 0.1) is 0 Å². The molecule has 0 fully saturated rings. The van der Waals surface area contributed by atoms with E-state index in [4.69, 9.17) is 5.11 Å². The molecule has 0 aliphatic carbocycles. The summed E-state index contributed by atoms with van der Waals surface area (Å²) in [5.74, 6) is -1.30. The normalized spacial score (nSPS) is 10.3. The van der Waals surface area contributed by atoms with Gasteiger partial charge in [0.2, 0.25) is 0 Å². The molecule has 0 aromatic carbocycles. The van der Waals surface area contributed by atoms with Crippen LogP contribution < -0.4 is 0 Å². The first kappa shape index (κ1) is 11.3. The molecule has 0 aliphatic heterocycles. The molecule has 0 bridgehead atoms. The van der Waals surface area contributed by atoms with Crippen molar-refractivity contribution < 1.29 is 14.7 Å². The summed E-state index contributed by atoms with van der Waals surface area (Å²) in [6.45, 7) is 3.28. The number of carbonyl (C=O) groups is 2. The summed E-state index contributed by atoms with van der Waals surface area (Å²) >= 11 is 0. The highest BCUT2D eigenvalue weighted by Crippen LogP contribution is 2.06. The van der Waals surface area contributed by atoms with E-state index in [2.05, 4.69) is 4.98 Å². The number of carboxylic acid groups (broad SMARTS) is 1. The lowest BCUT2D eigenvalue weighted by Gasteiger charge is -2.24. The molecule has 2 N–H and O–H groups in total. The van der Waals surface area contributed by atoms with Gasteiger partial charge in [0.05, 0.1) is 0 Å². The first-order valence-electron chi connectivity index (χ1n) is 4.68. The summed E-state index contributed by atoms with van der Waals surface area (Å²) in [5, 5.41) is 8.68. The van der Waals surface area contributed by atoms with Crippen molar-refractivity contribution in [2.24, 2.45) is 0 Å². The van der Waals surface area contributed by atoms with Gasteiger partial charge in [-0.3, -0.25) is 9.59 Å². The predicted octanol–water partition coefficient (Wildman–Crippen LogP) is 0.950. The van der Waals surface area contributed by atoms with Gasteiger partial charge in [-0.1, -0.05) is 0 Å². The van der Waals surface area contributed by atoms with Gasteiger partial charge in [0.25, 0.3) is 5.91 Å².